The second-order valence-corrected chi connectivity index (χ2v) is 6.74. The molecule has 0 radical (unpaired) electrons. The number of hydrogen-bond donors (Lipinski definition) is 3. The normalized spacial score (nSPS) is 11.5. The highest BCUT2D eigenvalue weighted by molar-refractivity contribution is 7.89. The molecule has 0 fully saturated rings. The summed E-state index contributed by atoms with van der Waals surface area (Å²) in [5.74, 6) is -0.318. The largest absolute Gasteiger partial charge is 0.322 e. The predicted octanol–water partition coefficient (Wildman–Crippen LogP) is 1.72. The lowest BCUT2D eigenvalue weighted by molar-refractivity contribution is 0.102. The van der Waals surface area contributed by atoms with Crippen LogP contribution in [0.3, 0.4) is 0 Å². The van der Waals surface area contributed by atoms with Gasteiger partial charge in [-0.3, -0.25) is 9.89 Å². The van der Waals surface area contributed by atoms with Gasteiger partial charge in [-0.25, -0.2) is 13.1 Å². The molecule has 0 unspecified atom stereocenters. The van der Waals surface area contributed by atoms with Gasteiger partial charge in [0.1, 0.15) is 0 Å². The lowest BCUT2D eigenvalue weighted by atomic mass is 10.2. The summed E-state index contributed by atoms with van der Waals surface area (Å²) < 4.78 is 25.5. The SMILES string of the molecule is CNS(=O)(=O)c1ccc(C(=O)Nc2ccc3[nH]ncc3c2)cc1. The average Bonchev–Trinajstić information content (AvgIpc) is 3.02. The summed E-state index contributed by atoms with van der Waals surface area (Å²) in [7, 11) is -2.17. The number of carbonyl (C=O) groups excluding carboxylic acids is 1. The van der Waals surface area contributed by atoms with Gasteiger partial charge in [0.05, 0.1) is 16.6 Å². The number of hydrogen-bond acceptors (Lipinski definition) is 4. The number of H-pyrrole nitrogens is 1. The quantitative estimate of drug-likeness (QED) is 0.677. The first-order valence-corrected chi connectivity index (χ1v) is 8.26. The van der Waals surface area contributed by atoms with Crippen molar-refractivity contribution in [2.45, 2.75) is 4.90 Å². The van der Waals surface area contributed by atoms with Crippen LogP contribution in [0.4, 0.5) is 5.69 Å². The first-order valence-electron chi connectivity index (χ1n) is 6.78. The van der Waals surface area contributed by atoms with E-state index >= 15 is 0 Å². The van der Waals surface area contributed by atoms with Crippen molar-refractivity contribution in [2.24, 2.45) is 0 Å². The third kappa shape index (κ3) is 3.08. The smallest absolute Gasteiger partial charge is 0.255 e. The van der Waals surface area contributed by atoms with Gasteiger partial charge >= 0.3 is 0 Å². The standard InChI is InChI=1S/C15H14N4O3S/c1-16-23(21,22)13-5-2-10(3-6-13)15(20)18-12-4-7-14-11(8-12)9-17-19-14/h2-9,16H,1H3,(H,17,19)(H,18,20). The molecule has 23 heavy (non-hydrogen) atoms. The van der Waals surface area contributed by atoms with Crippen molar-refractivity contribution in [1.29, 1.82) is 0 Å². The van der Waals surface area contributed by atoms with E-state index in [0.717, 1.165) is 10.9 Å². The molecule has 0 aliphatic heterocycles. The molecule has 0 saturated heterocycles. The van der Waals surface area contributed by atoms with Crippen LogP contribution in [0.5, 0.6) is 0 Å². The maximum atomic E-state index is 12.2. The number of nitrogens with one attached hydrogen (secondary N) is 3. The highest BCUT2D eigenvalue weighted by Gasteiger charge is 2.13. The van der Waals surface area contributed by atoms with Gasteiger partial charge in [0.15, 0.2) is 0 Å². The molecule has 3 rings (SSSR count). The molecule has 1 aromatic heterocycles. The van der Waals surface area contributed by atoms with Crippen molar-refractivity contribution in [3.63, 3.8) is 0 Å². The first-order chi connectivity index (χ1) is 11.0. The van der Waals surface area contributed by atoms with Gasteiger partial charge in [-0.2, -0.15) is 5.10 Å². The summed E-state index contributed by atoms with van der Waals surface area (Å²) in [5.41, 5.74) is 1.88. The highest BCUT2D eigenvalue weighted by atomic mass is 32.2. The summed E-state index contributed by atoms with van der Waals surface area (Å²) >= 11 is 0. The third-order valence-corrected chi connectivity index (χ3v) is 4.82. The molecule has 0 aliphatic rings. The highest BCUT2D eigenvalue weighted by Crippen LogP contribution is 2.18. The van der Waals surface area contributed by atoms with Crippen molar-refractivity contribution in [1.82, 2.24) is 14.9 Å². The summed E-state index contributed by atoms with van der Waals surface area (Å²) in [6, 6.07) is 11.1. The number of aromatic amines is 1. The first kappa shape index (κ1) is 15.2. The Balaban J connectivity index is 1.80. The lowest BCUT2D eigenvalue weighted by Crippen LogP contribution is -2.19. The molecule has 3 N–H and O–H groups in total. The minimum Gasteiger partial charge on any atom is -0.322 e. The number of carbonyl (C=O) groups is 1. The molecule has 0 aliphatic carbocycles. The number of sulfonamides is 1. The van der Waals surface area contributed by atoms with Gasteiger partial charge in [0.25, 0.3) is 5.91 Å². The van der Waals surface area contributed by atoms with Crippen LogP contribution in [-0.2, 0) is 10.0 Å². The van der Waals surface area contributed by atoms with Crippen LogP contribution in [0.25, 0.3) is 10.9 Å². The fraction of sp³-hybridized carbons (Fsp3) is 0.0667. The molecule has 1 amide bonds. The molecular formula is C15H14N4O3S. The number of aromatic nitrogens is 2. The molecule has 2 aromatic carbocycles. The Labute approximate surface area is 132 Å². The van der Waals surface area contributed by atoms with E-state index < -0.39 is 10.0 Å². The number of benzene rings is 2. The third-order valence-electron chi connectivity index (χ3n) is 3.39. The Morgan fingerprint density at radius 3 is 2.57 bits per heavy atom. The Kier molecular flexibility index (Phi) is 3.85. The van der Waals surface area contributed by atoms with Gasteiger partial charge < -0.3 is 5.32 Å². The van der Waals surface area contributed by atoms with Crippen molar-refractivity contribution in [2.75, 3.05) is 12.4 Å². The monoisotopic (exact) mass is 330 g/mol. The molecule has 118 valence electrons. The minimum absolute atomic E-state index is 0.108. The molecular weight excluding hydrogens is 316 g/mol. The van der Waals surface area contributed by atoms with Crippen LogP contribution in [0, 0.1) is 0 Å². The van der Waals surface area contributed by atoms with Crippen molar-refractivity contribution in [3.05, 3.63) is 54.2 Å². The van der Waals surface area contributed by atoms with Crippen LogP contribution in [0.1, 0.15) is 10.4 Å². The Morgan fingerprint density at radius 2 is 1.87 bits per heavy atom. The van der Waals surface area contributed by atoms with Crippen molar-refractivity contribution in [3.8, 4) is 0 Å². The second-order valence-electron chi connectivity index (χ2n) is 4.86. The van der Waals surface area contributed by atoms with Crippen LogP contribution in [-0.4, -0.2) is 31.6 Å². The van der Waals surface area contributed by atoms with Crippen LogP contribution in [0.15, 0.2) is 53.6 Å². The van der Waals surface area contributed by atoms with Gasteiger partial charge in [0, 0.05) is 16.6 Å². The summed E-state index contributed by atoms with van der Waals surface area (Å²) in [6.07, 6.45) is 1.67. The Morgan fingerprint density at radius 1 is 1.13 bits per heavy atom. The summed E-state index contributed by atoms with van der Waals surface area (Å²) in [6.45, 7) is 0. The van der Waals surface area contributed by atoms with E-state index in [9.17, 15) is 13.2 Å². The van der Waals surface area contributed by atoms with E-state index in [1.54, 1.807) is 18.3 Å². The van der Waals surface area contributed by atoms with E-state index in [1.807, 2.05) is 6.07 Å². The van der Waals surface area contributed by atoms with Crippen LogP contribution < -0.4 is 10.0 Å². The molecule has 0 spiro atoms. The number of nitrogens with zero attached hydrogens (tertiary/aromatic N) is 1. The van der Waals surface area contributed by atoms with Crippen LogP contribution in [0.2, 0.25) is 0 Å². The van der Waals surface area contributed by atoms with E-state index in [4.69, 9.17) is 0 Å². The van der Waals surface area contributed by atoms with Gasteiger partial charge in [-0.05, 0) is 49.5 Å². The topological polar surface area (TPSA) is 104 Å². The van der Waals surface area contributed by atoms with E-state index in [0.29, 0.717) is 11.3 Å². The van der Waals surface area contributed by atoms with Gasteiger partial charge in [-0.15, -0.1) is 0 Å². The van der Waals surface area contributed by atoms with Gasteiger partial charge in [0.2, 0.25) is 10.0 Å². The zero-order chi connectivity index (χ0) is 16.4. The minimum atomic E-state index is -3.51. The predicted molar refractivity (Wildman–Crippen MR) is 86.7 cm³/mol. The lowest BCUT2D eigenvalue weighted by Gasteiger charge is -2.07. The number of fused-ring (bicyclic) bond motifs is 1. The molecule has 1 heterocycles. The zero-order valence-electron chi connectivity index (χ0n) is 12.2. The van der Waals surface area contributed by atoms with E-state index in [-0.39, 0.29) is 10.8 Å². The summed E-state index contributed by atoms with van der Waals surface area (Å²) in [5, 5.41) is 10.4. The Hall–Kier alpha value is -2.71. The van der Waals surface area contributed by atoms with Crippen LogP contribution >= 0.6 is 0 Å². The number of amides is 1. The maximum absolute atomic E-state index is 12.2. The number of rotatable bonds is 4. The molecule has 0 bridgehead atoms. The summed E-state index contributed by atoms with van der Waals surface area (Å²) in [4.78, 5) is 12.3. The van der Waals surface area contributed by atoms with Gasteiger partial charge in [-0.1, -0.05) is 0 Å². The maximum Gasteiger partial charge on any atom is 0.255 e. The second kappa shape index (κ2) is 5.82. The molecule has 8 heteroatoms. The molecule has 3 aromatic rings. The fourth-order valence-corrected chi connectivity index (χ4v) is 2.86. The average molecular weight is 330 g/mol. The van der Waals surface area contributed by atoms with Crippen molar-refractivity contribution < 1.29 is 13.2 Å². The molecule has 0 atom stereocenters. The fourth-order valence-electron chi connectivity index (χ4n) is 2.13. The molecule has 0 saturated carbocycles. The van der Waals surface area contributed by atoms with Crippen molar-refractivity contribution >= 4 is 32.5 Å². The van der Waals surface area contributed by atoms with E-state index in [2.05, 4.69) is 20.2 Å². The zero-order valence-corrected chi connectivity index (χ0v) is 13.0. The number of anilines is 1. The van der Waals surface area contributed by atoms with E-state index in [1.165, 1.54) is 31.3 Å². The molecule has 7 nitrogen and oxygen atoms in total. The Bertz CT molecular complexity index is 962.